The molecule has 1 saturated heterocycles. The highest BCUT2D eigenvalue weighted by Crippen LogP contribution is 2.24. The molecule has 0 N–H and O–H groups in total. The number of amides is 1. The predicted molar refractivity (Wildman–Crippen MR) is 116 cm³/mol. The van der Waals surface area contributed by atoms with Gasteiger partial charge in [-0.05, 0) is 70.4 Å². The first kappa shape index (κ1) is 20.1. The maximum Gasteiger partial charge on any atom is 0.338 e. The van der Waals surface area contributed by atoms with Crippen molar-refractivity contribution in [3.05, 3.63) is 59.9 Å². The molecule has 6 heteroatoms. The number of nitrogens with zero attached hydrogens (tertiary/aromatic N) is 3. The Labute approximate surface area is 176 Å². The summed E-state index contributed by atoms with van der Waals surface area (Å²) in [5.74, 6) is 0.202. The molecule has 0 spiro atoms. The zero-order valence-electron chi connectivity index (χ0n) is 17.7. The number of para-hydroxylation sites is 1. The molecule has 0 bridgehead atoms. The topological polar surface area (TPSA) is 64.4 Å². The normalized spacial score (nSPS) is 19.1. The summed E-state index contributed by atoms with van der Waals surface area (Å²) in [6.45, 7) is 5.80. The number of piperidine rings is 1. The molecule has 6 nitrogen and oxygen atoms in total. The summed E-state index contributed by atoms with van der Waals surface area (Å²) >= 11 is 0. The van der Waals surface area contributed by atoms with Gasteiger partial charge in [-0.2, -0.15) is 0 Å². The summed E-state index contributed by atoms with van der Waals surface area (Å²) in [7, 11) is 0. The molecule has 1 amide bonds. The Bertz CT molecular complexity index is 1060. The van der Waals surface area contributed by atoms with E-state index in [-0.39, 0.29) is 24.6 Å². The van der Waals surface area contributed by atoms with Crippen molar-refractivity contribution in [3.8, 4) is 5.69 Å². The smallest absolute Gasteiger partial charge is 0.338 e. The minimum atomic E-state index is -0.505. The van der Waals surface area contributed by atoms with Crippen LogP contribution in [0.15, 0.2) is 48.5 Å². The molecule has 2 atom stereocenters. The molecule has 0 unspecified atom stereocenters. The van der Waals surface area contributed by atoms with Crippen LogP contribution in [0.3, 0.4) is 0 Å². The number of benzene rings is 2. The lowest BCUT2D eigenvalue weighted by molar-refractivity contribution is -0.140. The molecule has 2 aromatic carbocycles. The largest absolute Gasteiger partial charge is 0.452 e. The maximum absolute atomic E-state index is 12.6. The van der Waals surface area contributed by atoms with Crippen molar-refractivity contribution < 1.29 is 14.3 Å². The Morgan fingerprint density at radius 2 is 1.77 bits per heavy atom. The number of carbonyl (C=O) groups is 2. The molecule has 0 radical (unpaired) electrons. The summed E-state index contributed by atoms with van der Waals surface area (Å²) in [6.07, 6.45) is 3.11. The van der Waals surface area contributed by atoms with Gasteiger partial charge in [0.05, 0.1) is 16.6 Å². The Kier molecular flexibility index (Phi) is 5.57. The van der Waals surface area contributed by atoms with Crippen molar-refractivity contribution in [2.45, 2.75) is 52.1 Å². The van der Waals surface area contributed by atoms with Crippen LogP contribution in [0, 0.1) is 6.92 Å². The summed E-state index contributed by atoms with van der Waals surface area (Å²) in [5, 5.41) is 0. The van der Waals surface area contributed by atoms with Gasteiger partial charge in [0.1, 0.15) is 5.82 Å². The molecule has 1 aliphatic rings. The van der Waals surface area contributed by atoms with Crippen molar-refractivity contribution in [2.24, 2.45) is 0 Å². The molecular formula is C24H27N3O3. The van der Waals surface area contributed by atoms with E-state index in [9.17, 15) is 9.59 Å². The first-order valence-electron chi connectivity index (χ1n) is 10.5. The lowest BCUT2D eigenvalue weighted by Gasteiger charge is -2.38. The Hall–Kier alpha value is -3.15. The van der Waals surface area contributed by atoms with E-state index in [1.165, 1.54) is 0 Å². The zero-order valence-corrected chi connectivity index (χ0v) is 17.7. The molecule has 0 aliphatic carbocycles. The van der Waals surface area contributed by atoms with Crippen LogP contribution >= 0.6 is 0 Å². The number of aryl methyl sites for hydroxylation is 1. The third-order valence-electron chi connectivity index (χ3n) is 5.88. The number of fused-ring (bicyclic) bond motifs is 1. The molecular weight excluding hydrogens is 378 g/mol. The molecule has 30 heavy (non-hydrogen) atoms. The SMILES string of the molecule is Cc1nc2cc(C(=O)OCC(=O)N3[C@H](C)CCC[C@H]3C)ccc2n1-c1ccccc1. The van der Waals surface area contributed by atoms with Crippen LogP contribution in [0.1, 0.15) is 49.3 Å². The number of carbonyl (C=O) groups excluding carboxylic acids is 2. The van der Waals surface area contributed by atoms with Gasteiger partial charge in [-0.3, -0.25) is 9.36 Å². The van der Waals surface area contributed by atoms with Gasteiger partial charge in [0.2, 0.25) is 0 Å². The second kappa shape index (κ2) is 8.30. The van der Waals surface area contributed by atoms with Gasteiger partial charge in [0, 0.05) is 17.8 Å². The molecule has 1 fully saturated rings. The van der Waals surface area contributed by atoms with Crippen molar-refractivity contribution in [3.63, 3.8) is 0 Å². The highest BCUT2D eigenvalue weighted by Gasteiger charge is 2.29. The fourth-order valence-electron chi connectivity index (χ4n) is 4.43. The zero-order chi connectivity index (χ0) is 21.3. The minimum absolute atomic E-state index is 0.131. The van der Waals surface area contributed by atoms with Gasteiger partial charge in [-0.15, -0.1) is 0 Å². The van der Waals surface area contributed by atoms with Crippen molar-refractivity contribution in [2.75, 3.05) is 6.61 Å². The Morgan fingerprint density at radius 1 is 1.07 bits per heavy atom. The summed E-state index contributed by atoms with van der Waals surface area (Å²) in [4.78, 5) is 31.6. The molecule has 0 saturated carbocycles. The second-order valence-electron chi connectivity index (χ2n) is 8.04. The van der Waals surface area contributed by atoms with E-state index >= 15 is 0 Å². The number of esters is 1. The van der Waals surface area contributed by atoms with Crippen LogP contribution in [0.4, 0.5) is 0 Å². The minimum Gasteiger partial charge on any atom is -0.452 e. The van der Waals surface area contributed by atoms with Crippen LogP contribution in [0.25, 0.3) is 16.7 Å². The quantitative estimate of drug-likeness (QED) is 0.608. The molecule has 156 valence electrons. The van der Waals surface area contributed by atoms with Gasteiger partial charge < -0.3 is 9.64 Å². The second-order valence-corrected chi connectivity index (χ2v) is 8.04. The van der Waals surface area contributed by atoms with Crippen LogP contribution in [-0.2, 0) is 9.53 Å². The summed E-state index contributed by atoms with van der Waals surface area (Å²) in [5.41, 5.74) is 3.05. The number of hydrogen-bond donors (Lipinski definition) is 0. The molecule has 1 aliphatic heterocycles. The fraction of sp³-hybridized carbons (Fsp3) is 0.375. The van der Waals surface area contributed by atoms with E-state index < -0.39 is 5.97 Å². The summed E-state index contributed by atoms with van der Waals surface area (Å²) in [6, 6.07) is 15.6. The van der Waals surface area contributed by atoms with Gasteiger partial charge in [-0.1, -0.05) is 18.2 Å². The average molecular weight is 405 g/mol. The maximum atomic E-state index is 12.6. The van der Waals surface area contributed by atoms with Crippen molar-refractivity contribution >= 4 is 22.9 Å². The van der Waals surface area contributed by atoms with Crippen LogP contribution < -0.4 is 0 Å². The Balaban J connectivity index is 1.50. The fourth-order valence-corrected chi connectivity index (χ4v) is 4.43. The summed E-state index contributed by atoms with van der Waals surface area (Å²) < 4.78 is 7.39. The van der Waals surface area contributed by atoms with Crippen LogP contribution in [0.5, 0.6) is 0 Å². The molecule has 1 aromatic heterocycles. The number of aromatic nitrogens is 2. The van der Waals surface area contributed by atoms with Crippen LogP contribution in [0.2, 0.25) is 0 Å². The van der Waals surface area contributed by atoms with Gasteiger partial charge >= 0.3 is 5.97 Å². The highest BCUT2D eigenvalue weighted by molar-refractivity contribution is 5.95. The average Bonchev–Trinajstić information content (AvgIpc) is 3.07. The number of imidazole rings is 1. The highest BCUT2D eigenvalue weighted by atomic mass is 16.5. The Morgan fingerprint density at radius 3 is 2.47 bits per heavy atom. The van der Waals surface area contributed by atoms with E-state index in [2.05, 4.69) is 18.8 Å². The molecule has 3 aromatic rings. The van der Waals surface area contributed by atoms with Gasteiger partial charge in [-0.25, -0.2) is 9.78 Å². The van der Waals surface area contributed by atoms with Gasteiger partial charge in [0.15, 0.2) is 6.61 Å². The number of ether oxygens (including phenoxy) is 1. The van der Waals surface area contributed by atoms with E-state index in [0.717, 1.165) is 41.8 Å². The first-order valence-corrected chi connectivity index (χ1v) is 10.5. The third-order valence-corrected chi connectivity index (χ3v) is 5.88. The molecule has 4 rings (SSSR count). The van der Waals surface area contributed by atoms with E-state index in [4.69, 9.17) is 4.74 Å². The van der Waals surface area contributed by atoms with Gasteiger partial charge in [0.25, 0.3) is 5.91 Å². The van der Waals surface area contributed by atoms with E-state index in [0.29, 0.717) is 5.56 Å². The number of likely N-dealkylation sites (tertiary alicyclic amines) is 1. The lowest BCUT2D eigenvalue weighted by atomic mass is 9.97. The van der Waals surface area contributed by atoms with Crippen molar-refractivity contribution in [1.82, 2.24) is 14.5 Å². The lowest BCUT2D eigenvalue weighted by Crippen LogP contribution is -2.49. The third kappa shape index (κ3) is 3.82. The molecule has 2 heterocycles. The van der Waals surface area contributed by atoms with E-state index in [1.54, 1.807) is 12.1 Å². The van der Waals surface area contributed by atoms with E-state index in [1.807, 2.05) is 52.8 Å². The number of hydrogen-bond acceptors (Lipinski definition) is 4. The first-order chi connectivity index (χ1) is 14.5. The number of rotatable bonds is 4. The monoisotopic (exact) mass is 405 g/mol. The predicted octanol–water partition coefficient (Wildman–Crippen LogP) is 4.28. The van der Waals surface area contributed by atoms with Crippen molar-refractivity contribution in [1.29, 1.82) is 0 Å². The standard InChI is InChI=1S/C24H27N3O3/c1-16-8-7-9-17(2)26(16)23(28)15-30-24(29)19-12-13-22-21(14-19)25-18(3)27(22)20-10-5-4-6-11-20/h4-6,10-14,16-17H,7-9,15H2,1-3H3/t16-,17-/m1/s1. The van der Waals surface area contributed by atoms with Crippen LogP contribution in [-0.4, -0.2) is 45.0 Å².